The first-order valence-corrected chi connectivity index (χ1v) is 19.2. The number of hydrogen-bond acceptors (Lipinski definition) is 7. The third-order valence-electron chi connectivity index (χ3n) is 8.48. The Labute approximate surface area is 269 Å². The minimum Gasteiger partial charge on any atom is -0.463 e. The predicted molar refractivity (Wildman–Crippen MR) is 179 cm³/mol. The van der Waals surface area contributed by atoms with Crippen molar-refractivity contribution in [3.63, 3.8) is 0 Å². The number of allylic oxidation sites excluding steroid dienone is 2. The van der Waals surface area contributed by atoms with Crippen LogP contribution in [-0.4, -0.2) is 82.7 Å². The molecule has 9 nitrogen and oxygen atoms in total. The first-order valence-electron chi connectivity index (χ1n) is 17.6. The Morgan fingerprint density at radius 3 is 1.68 bits per heavy atom. The summed E-state index contributed by atoms with van der Waals surface area (Å²) in [6.45, 7) is 3.32. The number of quaternary nitrogens is 1. The lowest BCUT2D eigenvalue weighted by Crippen LogP contribution is -2.48. The van der Waals surface area contributed by atoms with E-state index in [2.05, 4.69) is 19.1 Å². The number of rotatable bonds is 31. The zero-order valence-corrected chi connectivity index (χ0v) is 29.6. The molecule has 0 aromatic carbocycles. The minimum absolute atomic E-state index is 0.0348. The van der Waals surface area contributed by atoms with E-state index in [1.807, 2.05) is 0 Å². The van der Waals surface area contributed by atoms with E-state index in [4.69, 9.17) is 19.5 Å². The van der Waals surface area contributed by atoms with E-state index in [0.29, 0.717) is 0 Å². The highest BCUT2D eigenvalue weighted by Crippen LogP contribution is 2.50. The molecule has 0 rings (SSSR count). The van der Waals surface area contributed by atoms with E-state index in [-0.39, 0.29) is 30.5 Å². The number of ether oxygens (including phenoxy) is 1. The monoisotopic (exact) mass is 650 g/mol. The number of carbonyl (C=O) groups is 1. The van der Waals surface area contributed by atoms with Crippen LogP contribution < -0.4 is 0 Å². The van der Waals surface area contributed by atoms with Crippen molar-refractivity contribution in [2.75, 3.05) is 33.9 Å². The lowest BCUT2D eigenvalue weighted by molar-refractivity contribution is -0.901. The first-order chi connectivity index (χ1) is 20.9. The maximum Gasteiger partial charge on any atom is 0.384 e. The van der Waals surface area contributed by atoms with Crippen LogP contribution in [-0.2, 0) is 18.6 Å². The van der Waals surface area contributed by atoms with Crippen molar-refractivity contribution in [3.05, 3.63) is 12.2 Å². The van der Waals surface area contributed by atoms with Gasteiger partial charge in [-0.1, -0.05) is 109 Å². The average molecular weight is 651 g/mol. The Bertz CT molecular complexity index is 762. The highest BCUT2D eigenvalue weighted by molar-refractivity contribution is 7.53. The summed E-state index contributed by atoms with van der Waals surface area (Å²) < 4.78 is 22.9. The molecule has 0 aromatic rings. The van der Waals surface area contributed by atoms with E-state index >= 15 is 0 Å². The second-order valence-corrected chi connectivity index (χ2v) is 15.2. The van der Waals surface area contributed by atoms with Crippen molar-refractivity contribution in [1.82, 2.24) is 0 Å². The second-order valence-electron chi connectivity index (χ2n) is 13.1. The van der Waals surface area contributed by atoms with Crippen LogP contribution >= 0.6 is 7.60 Å². The molecule has 0 bridgehead atoms. The number of aliphatic hydroxyl groups excluding tert-OH is 2. The standard InChI is InChI=1S/C34H68NO8P/c1-5-6-7-8-9-10-11-12-13-14-15-16-17-18-19-20-21-22-23-24-25-26-34(39)42-29-32(36)30-43-44(40,41)31(2)35(3,4)28-27-33(37)38/h17-18,31-33,36-38H,5-16,19-30H2,1-4H3/p+1/b18-17-/t31?,32-/m1/s1. The Hall–Kier alpha value is -0.800. The van der Waals surface area contributed by atoms with Gasteiger partial charge in [-0.3, -0.25) is 9.36 Å². The van der Waals surface area contributed by atoms with Gasteiger partial charge in [0.1, 0.15) is 12.7 Å². The molecule has 0 aromatic heterocycles. The van der Waals surface area contributed by atoms with Crippen LogP contribution in [0.5, 0.6) is 0 Å². The Morgan fingerprint density at radius 1 is 0.750 bits per heavy atom. The number of hydrogen-bond donors (Lipinski definition) is 4. The van der Waals surface area contributed by atoms with Crippen molar-refractivity contribution in [3.8, 4) is 0 Å². The molecule has 0 radical (unpaired) electrons. The normalized spacial score (nSPS) is 15.1. The van der Waals surface area contributed by atoms with Gasteiger partial charge < -0.3 is 34.0 Å². The van der Waals surface area contributed by atoms with Gasteiger partial charge in [-0.05, 0) is 39.0 Å². The van der Waals surface area contributed by atoms with Crippen LogP contribution in [0, 0.1) is 0 Å². The molecule has 0 saturated carbocycles. The van der Waals surface area contributed by atoms with Gasteiger partial charge in [-0.2, -0.15) is 0 Å². The molecule has 10 heteroatoms. The van der Waals surface area contributed by atoms with Crippen LogP contribution in [0.4, 0.5) is 0 Å². The fraction of sp³-hybridized carbons (Fsp3) is 0.912. The molecule has 2 unspecified atom stereocenters. The lowest BCUT2D eigenvalue weighted by atomic mass is 10.0. The van der Waals surface area contributed by atoms with Gasteiger partial charge in [-0.15, -0.1) is 0 Å². The van der Waals surface area contributed by atoms with E-state index < -0.39 is 38.3 Å². The van der Waals surface area contributed by atoms with Crippen molar-refractivity contribution in [2.24, 2.45) is 0 Å². The summed E-state index contributed by atoms with van der Waals surface area (Å²) in [7, 11) is -0.731. The smallest absolute Gasteiger partial charge is 0.384 e. The van der Waals surface area contributed by atoms with Crippen LogP contribution in [0.3, 0.4) is 0 Å². The molecule has 44 heavy (non-hydrogen) atoms. The summed E-state index contributed by atoms with van der Waals surface area (Å²) in [5, 5.41) is 28.2. The largest absolute Gasteiger partial charge is 0.463 e. The van der Waals surface area contributed by atoms with Gasteiger partial charge >= 0.3 is 13.6 Å². The third-order valence-corrected chi connectivity index (χ3v) is 10.6. The van der Waals surface area contributed by atoms with Gasteiger partial charge in [-0.25, -0.2) is 0 Å². The van der Waals surface area contributed by atoms with Crippen molar-refractivity contribution >= 4 is 13.6 Å². The van der Waals surface area contributed by atoms with Crippen LogP contribution in [0.1, 0.15) is 149 Å². The average Bonchev–Trinajstić information content (AvgIpc) is 2.98. The zero-order valence-electron chi connectivity index (χ0n) is 28.7. The maximum absolute atomic E-state index is 12.6. The molecule has 0 aliphatic carbocycles. The third kappa shape index (κ3) is 25.4. The van der Waals surface area contributed by atoms with Gasteiger partial charge in [0.2, 0.25) is 0 Å². The van der Waals surface area contributed by atoms with Gasteiger partial charge in [0.05, 0.1) is 27.2 Å². The van der Waals surface area contributed by atoms with E-state index in [1.165, 1.54) is 96.8 Å². The maximum atomic E-state index is 12.6. The molecule has 262 valence electrons. The molecule has 0 aliphatic rings. The number of nitrogens with zero attached hydrogens (tertiary/aromatic N) is 1. The first kappa shape index (κ1) is 43.2. The molecule has 0 fully saturated rings. The van der Waals surface area contributed by atoms with Crippen molar-refractivity contribution in [1.29, 1.82) is 0 Å². The van der Waals surface area contributed by atoms with E-state index in [0.717, 1.165) is 32.1 Å². The topological polar surface area (TPSA) is 134 Å². The van der Waals surface area contributed by atoms with E-state index in [9.17, 15) is 19.4 Å². The Balaban J connectivity index is 3.68. The molecule has 0 saturated heterocycles. The molecule has 0 spiro atoms. The molecule has 0 heterocycles. The molecule has 0 aliphatic heterocycles. The summed E-state index contributed by atoms with van der Waals surface area (Å²) in [5.74, 6) is -1.25. The molecular weight excluding hydrogens is 581 g/mol. The van der Waals surface area contributed by atoms with Gasteiger partial charge in [0, 0.05) is 12.8 Å². The summed E-state index contributed by atoms with van der Waals surface area (Å²) in [6.07, 6.45) is 26.2. The molecule has 3 atom stereocenters. The summed E-state index contributed by atoms with van der Waals surface area (Å²) >= 11 is 0. The van der Waals surface area contributed by atoms with Crippen LogP contribution in [0.15, 0.2) is 12.2 Å². The highest BCUT2D eigenvalue weighted by atomic mass is 31.2. The second kappa shape index (κ2) is 27.3. The van der Waals surface area contributed by atoms with E-state index in [1.54, 1.807) is 14.1 Å². The van der Waals surface area contributed by atoms with Crippen LogP contribution in [0.2, 0.25) is 0 Å². The minimum atomic E-state index is -4.11. The fourth-order valence-electron chi connectivity index (χ4n) is 5.04. The summed E-state index contributed by atoms with van der Waals surface area (Å²) in [4.78, 5) is 22.3. The molecular formula is C34H69NO8P+. The Kier molecular flexibility index (Phi) is 26.8. The Morgan fingerprint density at radius 2 is 1.20 bits per heavy atom. The number of aliphatic hydroxyl groups is 3. The summed E-state index contributed by atoms with van der Waals surface area (Å²) in [6, 6.07) is 0. The SMILES string of the molecule is CCCCCCCCCCCCC/C=C\CCCCCCCCC(=O)OC[C@@H](O)COP(=O)(O)C(C)[N+](C)(C)CCC(O)O. The van der Waals surface area contributed by atoms with Crippen molar-refractivity contribution in [2.45, 2.75) is 167 Å². The fourth-order valence-corrected chi connectivity index (χ4v) is 6.55. The highest BCUT2D eigenvalue weighted by Gasteiger charge is 2.41. The zero-order chi connectivity index (χ0) is 33.1. The number of carbonyl (C=O) groups excluding carboxylic acids is 1. The molecule has 4 N–H and O–H groups in total. The number of esters is 1. The van der Waals surface area contributed by atoms with Gasteiger partial charge in [0.25, 0.3) is 0 Å². The predicted octanol–water partition coefficient (Wildman–Crippen LogP) is 7.59. The van der Waals surface area contributed by atoms with Gasteiger partial charge in [0.15, 0.2) is 12.1 Å². The lowest BCUT2D eigenvalue weighted by Gasteiger charge is -2.37. The summed E-state index contributed by atoms with van der Waals surface area (Å²) in [5.41, 5.74) is 0. The molecule has 0 amide bonds. The quantitative estimate of drug-likeness (QED) is 0.0151. The number of unbranched alkanes of at least 4 members (excludes halogenated alkanes) is 17. The van der Waals surface area contributed by atoms with Crippen LogP contribution in [0.25, 0.3) is 0 Å². The van der Waals surface area contributed by atoms with Crippen molar-refractivity contribution < 1.29 is 43.3 Å².